The first-order valence-corrected chi connectivity index (χ1v) is 5.84. The van der Waals surface area contributed by atoms with E-state index >= 15 is 0 Å². The molecule has 1 heterocycles. The molecule has 0 radical (unpaired) electrons. The molecule has 2 rings (SSSR count). The average molecular weight is 269 g/mol. The number of carbonyl (C=O) groups is 2. The predicted octanol–water partition coefficient (Wildman–Crippen LogP) is 1.19. The van der Waals surface area contributed by atoms with Gasteiger partial charge in [0.1, 0.15) is 0 Å². The highest BCUT2D eigenvalue weighted by Crippen LogP contribution is 2.26. The average Bonchev–Trinajstić information content (AvgIpc) is 2.66. The van der Waals surface area contributed by atoms with Crippen LogP contribution >= 0.6 is 11.6 Å². The molecule has 1 atom stereocenters. The Kier molecular flexibility index (Phi) is 3.54. The number of rotatable bonds is 2. The minimum Gasteiger partial charge on any atom is -0.465 e. The summed E-state index contributed by atoms with van der Waals surface area (Å²) < 4.78 is 4.63. The van der Waals surface area contributed by atoms with Crippen molar-refractivity contribution in [2.45, 2.75) is 12.5 Å². The number of esters is 1. The van der Waals surface area contributed by atoms with Crippen LogP contribution in [0.1, 0.15) is 16.8 Å². The molecule has 0 bridgehead atoms. The van der Waals surface area contributed by atoms with Crippen molar-refractivity contribution in [2.24, 2.45) is 5.73 Å². The van der Waals surface area contributed by atoms with Crippen LogP contribution < -0.4 is 10.6 Å². The van der Waals surface area contributed by atoms with Gasteiger partial charge in [0, 0.05) is 29.7 Å². The minimum atomic E-state index is -0.491. The Morgan fingerprint density at radius 3 is 2.78 bits per heavy atom. The number of ether oxygens (including phenoxy) is 1. The quantitative estimate of drug-likeness (QED) is 0.818. The summed E-state index contributed by atoms with van der Waals surface area (Å²) in [5.74, 6) is -0.560. The number of methoxy groups -OCH3 is 1. The van der Waals surface area contributed by atoms with Gasteiger partial charge in [-0.3, -0.25) is 4.79 Å². The minimum absolute atomic E-state index is 0.0689. The van der Waals surface area contributed by atoms with Gasteiger partial charge >= 0.3 is 5.97 Å². The van der Waals surface area contributed by atoms with Crippen molar-refractivity contribution in [1.29, 1.82) is 0 Å². The van der Waals surface area contributed by atoms with Gasteiger partial charge in [0.05, 0.1) is 12.7 Å². The molecule has 1 aliphatic rings. The first-order chi connectivity index (χ1) is 8.51. The first-order valence-electron chi connectivity index (χ1n) is 5.46. The van der Waals surface area contributed by atoms with E-state index in [1.54, 1.807) is 12.1 Å². The van der Waals surface area contributed by atoms with E-state index in [1.807, 2.05) is 0 Å². The number of hydrogen-bond donors (Lipinski definition) is 1. The van der Waals surface area contributed by atoms with Crippen molar-refractivity contribution in [3.8, 4) is 0 Å². The molecular weight excluding hydrogens is 256 g/mol. The third-order valence-electron chi connectivity index (χ3n) is 2.77. The molecule has 96 valence electrons. The van der Waals surface area contributed by atoms with E-state index in [-0.39, 0.29) is 11.9 Å². The van der Waals surface area contributed by atoms with Crippen LogP contribution in [0, 0.1) is 0 Å². The zero-order chi connectivity index (χ0) is 13.3. The molecule has 1 fully saturated rings. The van der Waals surface area contributed by atoms with Crippen LogP contribution in [-0.2, 0) is 9.53 Å². The van der Waals surface area contributed by atoms with Crippen molar-refractivity contribution in [3.63, 3.8) is 0 Å². The molecular formula is C12H13ClN2O3. The van der Waals surface area contributed by atoms with E-state index in [1.165, 1.54) is 18.1 Å². The summed E-state index contributed by atoms with van der Waals surface area (Å²) >= 11 is 5.94. The molecule has 1 unspecified atom stereocenters. The molecule has 0 aromatic heterocycles. The van der Waals surface area contributed by atoms with E-state index in [4.69, 9.17) is 17.3 Å². The third-order valence-corrected chi connectivity index (χ3v) is 2.99. The molecule has 1 amide bonds. The highest BCUT2D eigenvalue weighted by molar-refractivity contribution is 6.31. The second-order valence-electron chi connectivity index (χ2n) is 4.16. The van der Waals surface area contributed by atoms with Crippen molar-refractivity contribution >= 4 is 29.2 Å². The van der Waals surface area contributed by atoms with Crippen LogP contribution in [0.3, 0.4) is 0 Å². The van der Waals surface area contributed by atoms with Crippen molar-refractivity contribution in [2.75, 3.05) is 18.6 Å². The number of hydrogen-bond acceptors (Lipinski definition) is 4. The number of nitrogens with two attached hydrogens (primary N) is 1. The number of benzene rings is 1. The van der Waals surface area contributed by atoms with Crippen LogP contribution in [-0.4, -0.2) is 31.6 Å². The number of amides is 1. The first kappa shape index (κ1) is 12.9. The van der Waals surface area contributed by atoms with E-state index in [9.17, 15) is 9.59 Å². The largest absolute Gasteiger partial charge is 0.465 e. The van der Waals surface area contributed by atoms with Gasteiger partial charge in [0.25, 0.3) is 0 Å². The number of nitrogens with zero attached hydrogens (tertiary/aromatic N) is 1. The third kappa shape index (κ3) is 2.47. The highest BCUT2D eigenvalue weighted by atomic mass is 35.5. The maximum atomic E-state index is 11.7. The Hall–Kier alpha value is -1.59. The van der Waals surface area contributed by atoms with Crippen LogP contribution in [0.5, 0.6) is 0 Å². The molecule has 5 nitrogen and oxygen atoms in total. The summed E-state index contributed by atoms with van der Waals surface area (Å²) in [4.78, 5) is 24.7. The highest BCUT2D eigenvalue weighted by Gasteiger charge is 2.28. The summed E-state index contributed by atoms with van der Waals surface area (Å²) in [6.45, 7) is 0.430. The van der Waals surface area contributed by atoms with Crippen LogP contribution in [0.25, 0.3) is 0 Å². The maximum Gasteiger partial charge on any atom is 0.337 e. The molecule has 1 aromatic carbocycles. The summed E-state index contributed by atoms with van der Waals surface area (Å²) in [6.07, 6.45) is 0.306. The molecule has 1 saturated heterocycles. The van der Waals surface area contributed by atoms with E-state index in [0.29, 0.717) is 29.2 Å². The van der Waals surface area contributed by atoms with Crippen LogP contribution in [0.4, 0.5) is 5.69 Å². The molecule has 18 heavy (non-hydrogen) atoms. The lowest BCUT2D eigenvalue weighted by Crippen LogP contribution is -2.28. The molecule has 0 spiro atoms. The van der Waals surface area contributed by atoms with E-state index in [2.05, 4.69) is 4.74 Å². The Labute approximate surface area is 109 Å². The topological polar surface area (TPSA) is 72.6 Å². The second kappa shape index (κ2) is 4.96. The summed E-state index contributed by atoms with van der Waals surface area (Å²) in [5, 5.41) is 0.376. The zero-order valence-corrected chi connectivity index (χ0v) is 10.6. The molecule has 1 aliphatic heterocycles. The van der Waals surface area contributed by atoms with Gasteiger partial charge in [-0.05, 0) is 18.2 Å². The second-order valence-corrected chi connectivity index (χ2v) is 4.59. The van der Waals surface area contributed by atoms with Gasteiger partial charge in [-0.2, -0.15) is 0 Å². The smallest absolute Gasteiger partial charge is 0.337 e. The molecule has 0 saturated carbocycles. The van der Waals surface area contributed by atoms with Crippen LogP contribution in [0.2, 0.25) is 5.02 Å². The fourth-order valence-corrected chi connectivity index (χ4v) is 2.18. The van der Waals surface area contributed by atoms with E-state index < -0.39 is 5.97 Å². The molecule has 1 aromatic rings. The zero-order valence-electron chi connectivity index (χ0n) is 9.85. The lowest BCUT2D eigenvalue weighted by Gasteiger charge is -2.17. The summed E-state index contributed by atoms with van der Waals surface area (Å²) in [7, 11) is 1.29. The molecule has 0 aliphatic carbocycles. The fraction of sp³-hybridized carbons (Fsp3) is 0.333. The lowest BCUT2D eigenvalue weighted by atomic mass is 10.2. The van der Waals surface area contributed by atoms with Crippen molar-refractivity contribution in [1.82, 2.24) is 0 Å². The van der Waals surface area contributed by atoms with Gasteiger partial charge in [-0.1, -0.05) is 11.6 Å². The van der Waals surface area contributed by atoms with Crippen molar-refractivity contribution < 1.29 is 14.3 Å². The molecule has 2 N–H and O–H groups in total. The Morgan fingerprint density at radius 1 is 1.50 bits per heavy atom. The predicted molar refractivity (Wildman–Crippen MR) is 67.7 cm³/mol. The Balaban J connectivity index is 2.36. The van der Waals surface area contributed by atoms with E-state index in [0.717, 1.165) is 0 Å². The molecule has 6 heteroatoms. The maximum absolute atomic E-state index is 11.7. The number of carbonyl (C=O) groups excluding carboxylic acids is 2. The Bertz CT molecular complexity index is 504. The monoisotopic (exact) mass is 268 g/mol. The normalized spacial score (nSPS) is 19.2. The van der Waals surface area contributed by atoms with Crippen LogP contribution in [0.15, 0.2) is 18.2 Å². The van der Waals surface area contributed by atoms with Gasteiger partial charge in [0.2, 0.25) is 5.91 Å². The number of anilines is 1. The fourth-order valence-electron chi connectivity index (χ4n) is 1.95. The SMILES string of the molecule is COC(=O)c1cc(Cl)cc(N2CC(N)CC2=O)c1. The standard InChI is InChI=1S/C12H13ClN2O3/c1-18-12(17)7-2-8(13)4-10(3-7)15-6-9(14)5-11(15)16/h2-4,9H,5-6,14H2,1H3. The van der Waals surface area contributed by atoms with Gasteiger partial charge in [-0.15, -0.1) is 0 Å². The number of halogens is 1. The van der Waals surface area contributed by atoms with Gasteiger partial charge < -0.3 is 15.4 Å². The van der Waals surface area contributed by atoms with Crippen molar-refractivity contribution in [3.05, 3.63) is 28.8 Å². The Morgan fingerprint density at radius 2 is 2.22 bits per heavy atom. The summed E-state index contributed by atoms with van der Waals surface area (Å²) in [6, 6.07) is 4.52. The van der Waals surface area contributed by atoms with Gasteiger partial charge in [-0.25, -0.2) is 4.79 Å². The lowest BCUT2D eigenvalue weighted by molar-refractivity contribution is -0.117. The summed E-state index contributed by atoms with van der Waals surface area (Å²) in [5.41, 5.74) is 6.61. The van der Waals surface area contributed by atoms with Gasteiger partial charge in [0.15, 0.2) is 0 Å².